The van der Waals surface area contributed by atoms with E-state index in [9.17, 15) is 4.79 Å². The predicted octanol–water partition coefficient (Wildman–Crippen LogP) is 5.52. The van der Waals surface area contributed by atoms with Gasteiger partial charge in [-0.05, 0) is 43.5 Å². The van der Waals surface area contributed by atoms with Gasteiger partial charge < -0.3 is 9.84 Å². The van der Waals surface area contributed by atoms with Crippen molar-refractivity contribution in [3.05, 3.63) is 28.8 Å². The van der Waals surface area contributed by atoms with Crippen molar-refractivity contribution in [3.63, 3.8) is 0 Å². The van der Waals surface area contributed by atoms with Gasteiger partial charge in [0.2, 0.25) is 0 Å². The molecule has 1 rings (SSSR count). The Kier molecular flexibility index (Phi) is 8.64. The molecule has 22 heavy (non-hydrogen) atoms. The number of hydrogen-bond acceptors (Lipinski definition) is 2. The fourth-order valence-electron chi connectivity index (χ4n) is 2.77. The molecule has 0 aliphatic heterocycles. The molecule has 0 fully saturated rings. The van der Waals surface area contributed by atoms with Gasteiger partial charge in [0.1, 0.15) is 5.75 Å². The molecule has 124 valence electrons. The number of aryl methyl sites for hydroxylation is 2. The van der Waals surface area contributed by atoms with Crippen molar-refractivity contribution in [3.8, 4) is 5.75 Å². The van der Waals surface area contributed by atoms with Gasteiger partial charge in [0, 0.05) is 0 Å². The average molecular weight is 306 g/mol. The van der Waals surface area contributed by atoms with Gasteiger partial charge in [-0.15, -0.1) is 0 Å². The van der Waals surface area contributed by atoms with E-state index < -0.39 is 5.97 Å². The summed E-state index contributed by atoms with van der Waals surface area (Å²) in [6.07, 6.45) is 10.2. The van der Waals surface area contributed by atoms with Crippen molar-refractivity contribution in [1.82, 2.24) is 0 Å². The Hall–Kier alpha value is -1.51. The number of unbranched alkanes of at least 4 members (excludes halogenated alkanes) is 7. The van der Waals surface area contributed by atoms with E-state index in [1.807, 2.05) is 26.0 Å². The lowest BCUT2D eigenvalue weighted by atomic mass is 10.0. The summed E-state index contributed by atoms with van der Waals surface area (Å²) >= 11 is 0. The van der Waals surface area contributed by atoms with Crippen LogP contribution in [0.4, 0.5) is 0 Å². The summed E-state index contributed by atoms with van der Waals surface area (Å²) in [4.78, 5) is 11.1. The zero-order chi connectivity index (χ0) is 16.4. The molecule has 0 aliphatic rings. The van der Waals surface area contributed by atoms with E-state index in [2.05, 4.69) is 6.92 Å². The van der Waals surface area contributed by atoms with Gasteiger partial charge in [0.05, 0.1) is 12.2 Å². The molecule has 0 bridgehead atoms. The first-order chi connectivity index (χ1) is 10.6. The van der Waals surface area contributed by atoms with E-state index in [4.69, 9.17) is 9.84 Å². The van der Waals surface area contributed by atoms with E-state index in [1.54, 1.807) is 0 Å². The normalized spacial score (nSPS) is 10.7. The van der Waals surface area contributed by atoms with Gasteiger partial charge in [-0.1, -0.05) is 51.9 Å². The molecule has 1 aromatic carbocycles. The molecule has 0 amide bonds. The van der Waals surface area contributed by atoms with Crippen LogP contribution in [0.25, 0.3) is 0 Å². The molecule has 0 aliphatic carbocycles. The lowest BCUT2D eigenvalue weighted by molar-refractivity contribution is 0.0695. The molecule has 1 N–H and O–H groups in total. The monoisotopic (exact) mass is 306 g/mol. The fourth-order valence-corrected chi connectivity index (χ4v) is 2.77. The number of ether oxygens (including phenoxy) is 1. The van der Waals surface area contributed by atoms with E-state index in [0.29, 0.717) is 12.2 Å². The maximum atomic E-state index is 11.1. The first-order valence-electron chi connectivity index (χ1n) is 8.53. The Morgan fingerprint density at radius 1 is 0.955 bits per heavy atom. The highest BCUT2D eigenvalue weighted by Crippen LogP contribution is 2.22. The molecule has 0 saturated heterocycles. The van der Waals surface area contributed by atoms with E-state index in [0.717, 1.165) is 23.3 Å². The second-order valence-electron chi connectivity index (χ2n) is 6.06. The number of rotatable bonds is 11. The van der Waals surface area contributed by atoms with Crippen molar-refractivity contribution in [1.29, 1.82) is 0 Å². The SMILES string of the molecule is CCCCCCCCCCOc1cc(C)c(C(=O)O)c(C)c1. The molecular weight excluding hydrogens is 276 g/mol. The Labute approximate surface area is 134 Å². The average Bonchev–Trinajstić information content (AvgIpc) is 2.44. The van der Waals surface area contributed by atoms with Gasteiger partial charge in [0.25, 0.3) is 0 Å². The molecule has 3 heteroatoms. The zero-order valence-electron chi connectivity index (χ0n) is 14.3. The number of aromatic carboxylic acids is 1. The van der Waals surface area contributed by atoms with Gasteiger partial charge in [-0.3, -0.25) is 0 Å². The van der Waals surface area contributed by atoms with Crippen molar-refractivity contribution in [2.75, 3.05) is 6.61 Å². The highest BCUT2D eigenvalue weighted by Gasteiger charge is 2.12. The van der Waals surface area contributed by atoms with E-state index in [-0.39, 0.29) is 0 Å². The van der Waals surface area contributed by atoms with Crippen molar-refractivity contribution in [2.24, 2.45) is 0 Å². The Morgan fingerprint density at radius 2 is 1.45 bits per heavy atom. The second-order valence-corrected chi connectivity index (χ2v) is 6.06. The minimum absolute atomic E-state index is 0.388. The molecule has 1 aromatic rings. The standard InChI is InChI=1S/C19H30O3/c1-4-5-6-7-8-9-10-11-12-22-17-13-15(2)18(19(20)21)16(3)14-17/h13-14H,4-12H2,1-3H3,(H,20,21). The topological polar surface area (TPSA) is 46.5 Å². The van der Waals surface area contributed by atoms with Gasteiger partial charge >= 0.3 is 5.97 Å². The second kappa shape index (κ2) is 10.3. The molecule has 0 heterocycles. The van der Waals surface area contributed by atoms with Crippen LogP contribution in [0.2, 0.25) is 0 Å². The summed E-state index contributed by atoms with van der Waals surface area (Å²) in [6, 6.07) is 3.64. The third kappa shape index (κ3) is 6.50. The number of carboxylic acids is 1. The summed E-state index contributed by atoms with van der Waals surface area (Å²) < 4.78 is 5.75. The highest BCUT2D eigenvalue weighted by molar-refractivity contribution is 5.91. The molecule has 0 saturated carbocycles. The third-order valence-electron chi connectivity index (χ3n) is 3.99. The minimum atomic E-state index is -0.871. The number of hydrogen-bond donors (Lipinski definition) is 1. The fraction of sp³-hybridized carbons (Fsp3) is 0.632. The first-order valence-corrected chi connectivity index (χ1v) is 8.53. The van der Waals surface area contributed by atoms with Crippen LogP contribution in [0.3, 0.4) is 0 Å². The lowest BCUT2D eigenvalue weighted by Gasteiger charge is -2.11. The maximum Gasteiger partial charge on any atom is 0.336 e. The van der Waals surface area contributed by atoms with Crippen LogP contribution in [-0.4, -0.2) is 17.7 Å². The van der Waals surface area contributed by atoms with Crippen molar-refractivity contribution >= 4 is 5.97 Å². The number of carboxylic acid groups (broad SMARTS) is 1. The van der Waals surface area contributed by atoms with E-state index in [1.165, 1.54) is 44.9 Å². The lowest BCUT2D eigenvalue weighted by Crippen LogP contribution is -2.05. The number of benzene rings is 1. The predicted molar refractivity (Wildman–Crippen MR) is 91.0 cm³/mol. The zero-order valence-corrected chi connectivity index (χ0v) is 14.3. The van der Waals surface area contributed by atoms with Crippen LogP contribution in [0.1, 0.15) is 79.8 Å². The van der Waals surface area contributed by atoms with E-state index >= 15 is 0 Å². The van der Waals surface area contributed by atoms with Crippen molar-refractivity contribution in [2.45, 2.75) is 72.1 Å². The molecular formula is C19H30O3. The summed E-state index contributed by atoms with van der Waals surface area (Å²) in [5.41, 5.74) is 1.91. The number of carbonyl (C=O) groups is 1. The summed E-state index contributed by atoms with van der Waals surface area (Å²) in [7, 11) is 0. The first kappa shape index (κ1) is 18.5. The molecule has 0 spiro atoms. The summed E-state index contributed by atoms with van der Waals surface area (Å²) in [5.74, 6) is -0.0902. The maximum absolute atomic E-state index is 11.1. The summed E-state index contributed by atoms with van der Waals surface area (Å²) in [6.45, 7) is 6.59. The van der Waals surface area contributed by atoms with Gasteiger partial charge in [0.15, 0.2) is 0 Å². The smallest absolute Gasteiger partial charge is 0.336 e. The summed E-state index contributed by atoms with van der Waals surface area (Å²) in [5, 5.41) is 9.15. The Balaban J connectivity index is 2.24. The quantitative estimate of drug-likeness (QED) is 0.547. The molecule has 3 nitrogen and oxygen atoms in total. The van der Waals surface area contributed by atoms with Crippen LogP contribution in [0.15, 0.2) is 12.1 Å². The van der Waals surface area contributed by atoms with Crippen molar-refractivity contribution < 1.29 is 14.6 Å². The highest BCUT2D eigenvalue weighted by atomic mass is 16.5. The Bertz CT molecular complexity index is 443. The van der Waals surface area contributed by atoms with Gasteiger partial charge in [-0.2, -0.15) is 0 Å². The van der Waals surface area contributed by atoms with Crippen LogP contribution >= 0.6 is 0 Å². The molecule has 0 aromatic heterocycles. The molecule has 0 unspecified atom stereocenters. The van der Waals surface area contributed by atoms with Crippen LogP contribution in [0, 0.1) is 13.8 Å². The largest absolute Gasteiger partial charge is 0.494 e. The van der Waals surface area contributed by atoms with Crippen LogP contribution in [-0.2, 0) is 0 Å². The third-order valence-corrected chi connectivity index (χ3v) is 3.99. The van der Waals surface area contributed by atoms with Gasteiger partial charge in [-0.25, -0.2) is 4.79 Å². The van der Waals surface area contributed by atoms with Crippen LogP contribution in [0.5, 0.6) is 5.75 Å². The minimum Gasteiger partial charge on any atom is -0.494 e. The Morgan fingerprint density at radius 3 is 1.95 bits per heavy atom. The molecule has 0 radical (unpaired) electrons. The molecule has 0 atom stereocenters. The van der Waals surface area contributed by atoms with Crippen LogP contribution < -0.4 is 4.74 Å².